The first-order valence-electron chi connectivity index (χ1n) is 11.5. The van der Waals surface area contributed by atoms with Crippen LogP contribution in [0.4, 0.5) is 11.4 Å². The lowest BCUT2D eigenvalue weighted by atomic mass is 10.0. The first kappa shape index (κ1) is 28.7. The van der Waals surface area contributed by atoms with Gasteiger partial charge in [-0.2, -0.15) is 4.37 Å². The lowest BCUT2D eigenvalue weighted by Crippen LogP contribution is -2.45. The number of ether oxygens (including phenoxy) is 3. The summed E-state index contributed by atoms with van der Waals surface area (Å²) in [5, 5.41) is 12.3. The Labute approximate surface area is 227 Å². The second kappa shape index (κ2) is 12.6. The summed E-state index contributed by atoms with van der Waals surface area (Å²) in [7, 11) is 2.84. The highest BCUT2D eigenvalue weighted by atomic mass is 32.1. The van der Waals surface area contributed by atoms with Crippen LogP contribution in [0.15, 0.2) is 42.5 Å². The van der Waals surface area contributed by atoms with E-state index < -0.39 is 36.3 Å². The molecule has 0 saturated heterocycles. The summed E-state index contributed by atoms with van der Waals surface area (Å²) in [5.41, 5.74) is 11.3. The number of benzene rings is 2. The molecule has 3 aromatic rings. The van der Waals surface area contributed by atoms with Crippen molar-refractivity contribution >= 4 is 46.6 Å². The fourth-order valence-corrected chi connectivity index (χ4v) is 4.38. The number of methoxy groups -OCH3 is 2. The second-order valence-corrected chi connectivity index (χ2v) is 8.64. The quantitative estimate of drug-likeness (QED) is 0.251. The van der Waals surface area contributed by atoms with Crippen molar-refractivity contribution in [3.8, 4) is 17.2 Å². The number of nitrogens with two attached hydrogens (primary N) is 2. The maximum Gasteiger partial charge on any atom is 0.325 e. The van der Waals surface area contributed by atoms with E-state index in [2.05, 4.69) is 9.69 Å². The van der Waals surface area contributed by atoms with E-state index in [1.807, 2.05) is 0 Å². The SMILES string of the molecule is CCOC(=O)CNC(=O)[C@H](c1ccc(O)cc1)N(C(=O)c1snc(C(N)=O)c1N)c1ccc(OC)c(OC)c1. The molecule has 1 heterocycles. The van der Waals surface area contributed by atoms with E-state index >= 15 is 0 Å². The van der Waals surface area contributed by atoms with Crippen LogP contribution in [0.1, 0.15) is 38.7 Å². The molecule has 0 aliphatic rings. The Kier molecular flexibility index (Phi) is 9.28. The Morgan fingerprint density at radius 1 is 1.08 bits per heavy atom. The number of amides is 3. The van der Waals surface area contributed by atoms with Crippen molar-refractivity contribution in [3.05, 3.63) is 58.6 Å². The molecular weight excluding hydrogens is 530 g/mol. The lowest BCUT2D eigenvalue weighted by molar-refractivity contribution is -0.143. The van der Waals surface area contributed by atoms with Crippen molar-refractivity contribution < 1.29 is 38.5 Å². The molecule has 3 amide bonds. The predicted octanol–water partition coefficient (Wildman–Crippen LogP) is 1.61. The van der Waals surface area contributed by atoms with E-state index in [1.165, 1.54) is 56.7 Å². The van der Waals surface area contributed by atoms with E-state index in [4.69, 9.17) is 25.7 Å². The monoisotopic (exact) mass is 557 g/mol. The Balaban J connectivity index is 2.22. The minimum Gasteiger partial charge on any atom is -0.508 e. The number of anilines is 2. The molecule has 0 fully saturated rings. The summed E-state index contributed by atoms with van der Waals surface area (Å²) < 4.78 is 19.5. The van der Waals surface area contributed by atoms with Crippen LogP contribution >= 0.6 is 11.5 Å². The van der Waals surface area contributed by atoms with Crippen molar-refractivity contribution in [3.63, 3.8) is 0 Å². The number of rotatable bonds is 11. The minimum absolute atomic E-state index is 0.0776. The van der Waals surface area contributed by atoms with Crippen LogP contribution in [0.3, 0.4) is 0 Å². The molecule has 0 aliphatic heterocycles. The Morgan fingerprint density at radius 3 is 2.31 bits per heavy atom. The molecule has 206 valence electrons. The maximum atomic E-state index is 14.1. The maximum absolute atomic E-state index is 14.1. The van der Waals surface area contributed by atoms with Crippen molar-refractivity contribution in [1.29, 1.82) is 0 Å². The van der Waals surface area contributed by atoms with Crippen LogP contribution in [0, 0.1) is 0 Å². The van der Waals surface area contributed by atoms with Gasteiger partial charge in [0.2, 0.25) is 5.91 Å². The Bertz CT molecular complexity index is 1380. The van der Waals surface area contributed by atoms with Crippen LogP contribution in [0.5, 0.6) is 17.2 Å². The number of nitrogens with zero attached hydrogens (tertiary/aromatic N) is 2. The number of phenolic OH excluding ortho intramolecular Hbond substituents is 1. The number of nitrogens with one attached hydrogen (secondary N) is 1. The summed E-state index contributed by atoms with van der Waals surface area (Å²) in [5.74, 6) is -2.63. The number of esters is 1. The largest absolute Gasteiger partial charge is 0.508 e. The van der Waals surface area contributed by atoms with Gasteiger partial charge in [-0.3, -0.25) is 24.1 Å². The number of primary amides is 1. The van der Waals surface area contributed by atoms with Gasteiger partial charge in [-0.15, -0.1) is 0 Å². The molecule has 0 saturated carbocycles. The molecule has 0 radical (unpaired) electrons. The van der Waals surface area contributed by atoms with Gasteiger partial charge in [0.1, 0.15) is 23.2 Å². The zero-order valence-electron chi connectivity index (χ0n) is 21.3. The number of phenols is 1. The van der Waals surface area contributed by atoms with Crippen LogP contribution in [-0.2, 0) is 14.3 Å². The number of aromatic nitrogens is 1. The molecule has 6 N–H and O–H groups in total. The van der Waals surface area contributed by atoms with Gasteiger partial charge in [-0.25, -0.2) is 0 Å². The van der Waals surface area contributed by atoms with Crippen molar-refractivity contribution in [2.75, 3.05) is 38.0 Å². The number of hydrogen-bond acceptors (Lipinski definition) is 11. The molecule has 13 nitrogen and oxygen atoms in total. The summed E-state index contributed by atoms with van der Waals surface area (Å²) in [4.78, 5) is 52.3. The molecule has 3 rings (SSSR count). The fraction of sp³-hybridized carbons (Fsp3) is 0.240. The van der Waals surface area contributed by atoms with Gasteiger partial charge < -0.3 is 36.1 Å². The molecular formula is C25H27N5O8S. The van der Waals surface area contributed by atoms with E-state index in [0.29, 0.717) is 17.3 Å². The molecule has 39 heavy (non-hydrogen) atoms. The van der Waals surface area contributed by atoms with E-state index in [0.717, 1.165) is 4.90 Å². The third-order valence-corrected chi connectivity index (χ3v) is 6.30. The van der Waals surface area contributed by atoms with Crippen LogP contribution in [0.2, 0.25) is 0 Å². The van der Waals surface area contributed by atoms with Crippen molar-refractivity contribution in [1.82, 2.24) is 9.69 Å². The van der Waals surface area contributed by atoms with Gasteiger partial charge in [-0.1, -0.05) is 12.1 Å². The highest BCUT2D eigenvalue weighted by Gasteiger charge is 2.36. The average Bonchev–Trinajstić information content (AvgIpc) is 3.32. The second-order valence-electron chi connectivity index (χ2n) is 7.87. The molecule has 1 aromatic heterocycles. The van der Waals surface area contributed by atoms with Crippen LogP contribution in [0.25, 0.3) is 0 Å². The van der Waals surface area contributed by atoms with Crippen molar-refractivity contribution in [2.45, 2.75) is 13.0 Å². The Morgan fingerprint density at radius 2 is 1.74 bits per heavy atom. The topological polar surface area (TPSA) is 196 Å². The third kappa shape index (κ3) is 6.35. The standard InChI is InChI=1S/C25H27N5O8S/c1-4-38-18(32)12-28-24(34)21(13-5-8-15(31)9-6-13)30(14-7-10-16(36-2)17(11-14)37-3)25(35)22-19(26)20(23(27)33)29-39-22/h5-11,21,31H,4,12,26H2,1-3H3,(H2,27,33)(H,28,34)/t21-/m0/s1. The fourth-order valence-electron chi connectivity index (χ4n) is 3.64. The molecule has 0 bridgehead atoms. The summed E-state index contributed by atoms with van der Waals surface area (Å²) >= 11 is 0.636. The minimum atomic E-state index is -1.40. The number of carbonyl (C=O) groups is 4. The van der Waals surface area contributed by atoms with Gasteiger partial charge in [-0.05, 0) is 48.3 Å². The molecule has 0 unspecified atom stereocenters. The first-order chi connectivity index (χ1) is 18.6. The summed E-state index contributed by atoms with van der Waals surface area (Å²) in [6, 6.07) is 8.67. The lowest BCUT2D eigenvalue weighted by Gasteiger charge is -2.31. The van der Waals surface area contributed by atoms with Gasteiger partial charge in [0, 0.05) is 11.8 Å². The van der Waals surface area contributed by atoms with Gasteiger partial charge in [0.15, 0.2) is 17.2 Å². The summed E-state index contributed by atoms with van der Waals surface area (Å²) in [6.45, 7) is 1.26. The number of nitrogen functional groups attached to an aromatic ring is 1. The molecule has 0 spiro atoms. The van der Waals surface area contributed by atoms with Gasteiger partial charge >= 0.3 is 5.97 Å². The van der Waals surface area contributed by atoms with E-state index in [9.17, 15) is 24.3 Å². The van der Waals surface area contributed by atoms with Crippen LogP contribution < -0.4 is 31.2 Å². The molecule has 2 aromatic carbocycles. The number of aromatic hydroxyl groups is 1. The van der Waals surface area contributed by atoms with Gasteiger partial charge in [0.25, 0.3) is 11.8 Å². The number of hydrogen-bond donors (Lipinski definition) is 4. The molecule has 14 heteroatoms. The van der Waals surface area contributed by atoms with Crippen molar-refractivity contribution in [2.24, 2.45) is 5.73 Å². The third-order valence-electron chi connectivity index (χ3n) is 5.45. The molecule has 0 aliphatic carbocycles. The predicted molar refractivity (Wildman–Crippen MR) is 142 cm³/mol. The highest BCUT2D eigenvalue weighted by Crippen LogP contribution is 2.38. The molecule has 1 atom stereocenters. The Hall–Kier alpha value is -4.85. The number of carbonyl (C=O) groups excluding carboxylic acids is 4. The van der Waals surface area contributed by atoms with Crippen LogP contribution in [-0.4, -0.2) is 60.5 Å². The zero-order chi connectivity index (χ0) is 28.7. The normalized spacial score (nSPS) is 11.3. The first-order valence-corrected chi connectivity index (χ1v) is 12.2. The van der Waals surface area contributed by atoms with Gasteiger partial charge in [0.05, 0.1) is 26.5 Å². The highest BCUT2D eigenvalue weighted by molar-refractivity contribution is 7.09. The van der Waals surface area contributed by atoms with E-state index in [1.54, 1.807) is 6.92 Å². The smallest absolute Gasteiger partial charge is 0.325 e. The zero-order valence-corrected chi connectivity index (χ0v) is 22.1. The average molecular weight is 558 g/mol. The summed E-state index contributed by atoms with van der Waals surface area (Å²) in [6.07, 6.45) is 0. The van der Waals surface area contributed by atoms with E-state index in [-0.39, 0.29) is 45.6 Å².